The number of imidazole rings is 1. The first kappa shape index (κ1) is 34.5. The molecule has 240 valence electrons. The molecule has 0 aliphatic carbocycles. The Hall–Kier alpha value is -6.04. The number of amides is 1. The number of guanidine groups is 1. The van der Waals surface area contributed by atoms with Gasteiger partial charge in [0.05, 0.1) is 18.1 Å². The van der Waals surface area contributed by atoms with Crippen LogP contribution in [0.1, 0.15) is 23.7 Å². The fourth-order valence-corrected chi connectivity index (χ4v) is 4.08. The Morgan fingerprint density at radius 1 is 0.935 bits per heavy atom. The molecule has 12 heteroatoms. The number of nitrogens with two attached hydrogens (primary N) is 3. The van der Waals surface area contributed by atoms with Crippen molar-refractivity contribution in [2.45, 2.75) is 19.9 Å². The number of aromatic nitrogens is 2. The van der Waals surface area contributed by atoms with Crippen molar-refractivity contribution in [2.24, 2.45) is 22.2 Å². The molecule has 0 radical (unpaired) electrons. The highest BCUT2D eigenvalue weighted by Crippen LogP contribution is 2.29. The van der Waals surface area contributed by atoms with Crippen LogP contribution in [0.3, 0.4) is 0 Å². The van der Waals surface area contributed by atoms with Crippen molar-refractivity contribution in [1.29, 1.82) is 0 Å². The lowest BCUT2D eigenvalue weighted by Gasteiger charge is -2.09. The summed E-state index contributed by atoms with van der Waals surface area (Å²) >= 11 is 0. The van der Waals surface area contributed by atoms with Crippen molar-refractivity contribution in [3.8, 4) is 34.4 Å². The molecule has 0 unspecified atom stereocenters. The van der Waals surface area contributed by atoms with Gasteiger partial charge in [-0.2, -0.15) is 0 Å². The highest BCUT2D eigenvalue weighted by Gasteiger charge is 2.15. The average molecular weight is 626 g/mol. The molecule has 5 aromatic rings. The first-order chi connectivity index (χ1) is 22.2. The summed E-state index contributed by atoms with van der Waals surface area (Å²) in [5.74, 6) is 2.52. The third-order valence-electron chi connectivity index (χ3n) is 6.30. The fourth-order valence-electron chi connectivity index (χ4n) is 4.08. The molecule has 0 fully saturated rings. The summed E-state index contributed by atoms with van der Waals surface area (Å²) in [5.41, 5.74) is 19.1. The Morgan fingerprint density at radius 2 is 1.54 bits per heavy atom. The summed E-state index contributed by atoms with van der Waals surface area (Å²) < 4.78 is 12.5. The minimum Gasteiger partial charge on any atom is -0.508 e. The van der Waals surface area contributed by atoms with Gasteiger partial charge >= 0.3 is 0 Å². The molecular formula is C34H39N7O5. The zero-order chi connectivity index (χ0) is 33.5. The van der Waals surface area contributed by atoms with E-state index >= 15 is 0 Å². The van der Waals surface area contributed by atoms with Crippen molar-refractivity contribution >= 4 is 34.9 Å². The van der Waals surface area contributed by atoms with Gasteiger partial charge in [-0.1, -0.05) is 6.92 Å². The van der Waals surface area contributed by atoms with Crippen LogP contribution in [0.25, 0.3) is 22.4 Å². The van der Waals surface area contributed by atoms with E-state index in [-0.39, 0.29) is 18.3 Å². The quantitative estimate of drug-likeness (QED) is 0.0815. The van der Waals surface area contributed by atoms with Crippen LogP contribution >= 0.6 is 0 Å². The maximum absolute atomic E-state index is 11.6. The summed E-state index contributed by atoms with van der Waals surface area (Å²) in [6, 6.07) is 26.5. The number of rotatable bonds is 10. The number of hydrogen-bond donors (Lipinski definition) is 5. The molecule has 1 aromatic heterocycles. The number of aliphatic imine (C=N–C) groups is 1. The third kappa shape index (κ3) is 10.3. The van der Waals surface area contributed by atoms with Crippen LogP contribution in [0.4, 0.5) is 5.69 Å². The van der Waals surface area contributed by atoms with Gasteiger partial charge in [0.25, 0.3) is 0 Å². The normalized spacial score (nSPS) is 9.98. The predicted octanol–water partition coefficient (Wildman–Crippen LogP) is 4.91. The second kappa shape index (κ2) is 17.3. The lowest BCUT2D eigenvalue weighted by atomic mass is 10.2. The number of phenols is 1. The molecule has 46 heavy (non-hydrogen) atoms. The molecule has 4 aromatic carbocycles. The number of ether oxygens (including phenoxy) is 2. The van der Waals surface area contributed by atoms with Gasteiger partial charge in [0.2, 0.25) is 5.91 Å². The number of nitrogens with zero attached hydrogens (tertiary/aromatic N) is 3. The number of hydrogen-bond acceptors (Lipinski definition) is 8. The van der Waals surface area contributed by atoms with Crippen molar-refractivity contribution < 1.29 is 24.2 Å². The molecule has 1 amide bonds. The van der Waals surface area contributed by atoms with E-state index in [0.717, 1.165) is 36.3 Å². The molecule has 12 nitrogen and oxygen atoms in total. The highest BCUT2D eigenvalue weighted by molar-refractivity contribution is 5.88. The number of benzene rings is 4. The molecular weight excluding hydrogens is 586 g/mol. The van der Waals surface area contributed by atoms with Crippen LogP contribution in [0.5, 0.6) is 23.0 Å². The van der Waals surface area contributed by atoms with E-state index in [4.69, 9.17) is 26.7 Å². The number of carbonyl (C=O) groups excluding carboxylic acids is 2. The molecule has 0 saturated carbocycles. The van der Waals surface area contributed by atoms with Gasteiger partial charge in [-0.15, -0.1) is 0 Å². The molecule has 0 aliphatic heterocycles. The van der Waals surface area contributed by atoms with Gasteiger partial charge in [-0.05, 0) is 97.4 Å². The smallest absolute Gasteiger partial charge is 0.237 e. The number of methoxy groups -OCH3 is 1. The molecule has 0 saturated heterocycles. The van der Waals surface area contributed by atoms with Gasteiger partial charge in [-0.3, -0.25) is 14.6 Å². The van der Waals surface area contributed by atoms with E-state index in [2.05, 4.69) is 15.3 Å². The van der Waals surface area contributed by atoms with Crippen molar-refractivity contribution in [1.82, 2.24) is 9.55 Å². The van der Waals surface area contributed by atoms with E-state index in [9.17, 15) is 14.7 Å². The summed E-state index contributed by atoms with van der Waals surface area (Å²) in [5, 5.41) is 12.4. The van der Waals surface area contributed by atoms with Crippen LogP contribution < -0.4 is 32.0 Å². The predicted molar refractivity (Wildman–Crippen MR) is 181 cm³/mol. The van der Waals surface area contributed by atoms with E-state index < -0.39 is 5.91 Å². The zero-order valence-electron chi connectivity index (χ0n) is 26.0. The number of nitrogens with one attached hydrogen (secondary N) is 1. The maximum atomic E-state index is 11.6. The summed E-state index contributed by atoms with van der Waals surface area (Å²) in [7, 11) is 3.55. The summed E-state index contributed by atoms with van der Waals surface area (Å²) in [6.45, 7) is 2.73. The van der Waals surface area contributed by atoms with Crippen molar-refractivity contribution in [3.63, 3.8) is 0 Å². The number of primary amides is 1. The second-order valence-corrected chi connectivity index (χ2v) is 9.76. The average Bonchev–Trinajstić information content (AvgIpc) is 3.42. The topological polar surface area (TPSA) is 193 Å². The molecule has 8 N–H and O–H groups in total. The van der Waals surface area contributed by atoms with Crippen LogP contribution in [0.15, 0.2) is 96.0 Å². The monoisotopic (exact) mass is 625 g/mol. The fraction of sp³-hybridized carbons (Fsp3) is 0.176. The Labute approximate surface area is 267 Å². The Balaban J connectivity index is 0.000000278. The Kier molecular flexibility index (Phi) is 13.0. The Bertz CT molecular complexity index is 1710. The highest BCUT2D eigenvalue weighted by atomic mass is 16.5. The van der Waals surface area contributed by atoms with Crippen molar-refractivity contribution in [2.75, 3.05) is 26.0 Å². The minimum atomic E-state index is -0.489. The Morgan fingerprint density at radius 3 is 2.04 bits per heavy atom. The number of aldehydes is 1. The van der Waals surface area contributed by atoms with E-state index in [1.807, 2.05) is 50.4 Å². The number of fused-ring (bicyclic) bond motifs is 1. The van der Waals surface area contributed by atoms with Gasteiger partial charge in [0, 0.05) is 30.4 Å². The van der Waals surface area contributed by atoms with E-state index in [1.165, 1.54) is 0 Å². The van der Waals surface area contributed by atoms with Crippen molar-refractivity contribution in [3.05, 3.63) is 96.6 Å². The van der Waals surface area contributed by atoms with Crippen LogP contribution in [-0.2, 0) is 11.3 Å². The molecule has 5 rings (SSSR count). The largest absolute Gasteiger partial charge is 0.508 e. The molecule has 0 atom stereocenters. The van der Waals surface area contributed by atoms with Gasteiger partial charge < -0.3 is 41.7 Å². The van der Waals surface area contributed by atoms with E-state index in [0.29, 0.717) is 33.9 Å². The number of carbonyl (C=O) groups is 2. The third-order valence-corrected chi connectivity index (χ3v) is 6.30. The number of aromatic hydroxyl groups is 1. The lowest BCUT2D eigenvalue weighted by Crippen LogP contribution is -2.22. The van der Waals surface area contributed by atoms with Gasteiger partial charge in [0.1, 0.15) is 41.7 Å². The number of anilines is 1. The molecule has 0 bridgehead atoms. The van der Waals surface area contributed by atoms with Gasteiger partial charge in [0.15, 0.2) is 5.96 Å². The maximum Gasteiger partial charge on any atom is 0.237 e. The zero-order valence-corrected chi connectivity index (χ0v) is 26.0. The summed E-state index contributed by atoms with van der Waals surface area (Å²) in [6.07, 6.45) is 1.75. The van der Waals surface area contributed by atoms with Crippen LogP contribution in [0.2, 0.25) is 0 Å². The second-order valence-electron chi connectivity index (χ2n) is 9.76. The first-order valence-electron chi connectivity index (χ1n) is 14.4. The molecule has 1 heterocycles. The van der Waals surface area contributed by atoms with Crippen LogP contribution in [-0.4, -0.2) is 53.5 Å². The van der Waals surface area contributed by atoms with Gasteiger partial charge in [-0.25, -0.2) is 4.98 Å². The lowest BCUT2D eigenvalue weighted by molar-refractivity contribution is -0.118. The molecule has 0 aliphatic rings. The molecule has 0 spiro atoms. The SMILES string of the molecule is CCCN=C(N)N.CNc1ccc(OC)cc1.NC(=O)Cn1c(-c2ccc(Oc3ccc(O)cc3)cc2)nc2cc(C=O)ccc21. The first-order valence-corrected chi connectivity index (χ1v) is 14.4. The number of phenolic OH excluding ortho intramolecular Hbond substituents is 1. The standard InChI is InChI=1S/C22H17N3O4.C8H11NO.C4H11N3/c23-21(28)12-25-20-10-1-14(13-26)11-19(20)24-22(25)15-2-6-17(7-3-15)29-18-8-4-16(27)5-9-18;1-9-7-3-5-8(10-2)6-4-7;1-2-3-7-4(5)6/h1-11,13,27H,12H2,(H2,23,28);3-6,9H,1-2H3;2-3H2,1H3,(H4,5,6,7). The van der Waals surface area contributed by atoms with Crippen LogP contribution in [0, 0.1) is 0 Å². The minimum absolute atomic E-state index is 0.0297. The summed E-state index contributed by atoms with van der Waals surface area (Å²) in [4.78, 5) is 30.9. The van der Waals surface area contributed by atoms with E-state index in [1.54, 1.807) is 66.3 Å².